The summed E-state index contributed by atoms with van der Waals surface area (Å²) < 4.78 is 0. The van der Waals surface area contributed by atoms with Crippen molar-refractivity contribution in [3.63, 3.8) is 0 Å². The highest BCUT2D eigenvalue weighted by Crippen LogP contribution is 2.16. The van der Waals surface area contributed by atoms with Gasteiger partial charge in [-0.25, -0.2) is 4.79 Å². The molecule has 0 saturated carbocycles. The first-order valence-corrected chi connectivity index (χ1v) is 6.52. The Kier molecular flexibility index (Phi) is 4.95. The SMILES string of the molecule is CCCNC(=O)N1CCN(C(C)(C)C(=N)N)CC1. The third-order valence-electron chi connectivity index (χ3n) is 3.54. The topological polar surface area (TPSA) is 85.5 Å². The molecule has 1 saturated heterocycles. The predicted octanol–water partition coefficient (Wildman–Crippen LogP) is 0.438. The number of nitrogens with one attached hydrogen (secondary N) is 2. The average molecular weight is 255 g/mol. The van der Waals surface area contributed by atoms with Gasteiger partial charge >= 0.3 is 6.03 Å². The zero-order valence-electron chi connectivity index (χ0n) is 11.6. The van der Waals surface area contributed by atoms with E-state index in [1.54, 1.807) is 0 Å². The Labute approximate surface area is 109 Å². The molecule has 6 heteroatoms. The summed E-state index contributed by atoms with van der Waals surface area (Å²) in [5, 5.41) is 10.5. The van der Waals surface area contributed by atoms with Crippen LogP contribution in [0, 0.1) is 5.41 Å². The molecule has 0 spiro atoms. The first-order valence-electron chi connectivity index (χ1n) is 6.52. The number of rotatable bonds is 4. The third kappa shape index (κ3) is 3.35. The molecule has 1 aliphatic heterocycles. The standard InChI is InChI=1S/C12H25N5O/c1-4-5-15-11(18)16-6-8-17(9-7-16)12(2,3)10(13)14/h4-9H2,1-3H3,(H3,13,14)(H,15,18). The molecular weight excluding hydrogens is 230 g/mol. The van der Waals surface area contributed by atoms with E-state index in [-0.39, 0.29) is 11.9 Å². The maximum Gasteiger partial charge on any atom is 0.317 e. The fourth-order valence-corrected chi connectivity index (χ4v) is 1.98. The van der Waals surface area contributed by atoms with Gasteiger partial charge in [-0.2, -0.15) is 0 Å². The number of piperazine rings is 1. The van der Waals surface area contributed by atoms with Gasteiger partial charge in [0.1, 0.15) is 5.84 Å². The van der Waals surface area contributed by atoms with Crippen molar-refractivity contribution in [3.05, 3.63) is 0 Å². The first-order chi connectivity index (χ1) is 8.39. The van der Waals surface area contributed by atoms with Gasteiger partial charge in [0.05, 0.1) is 5.54 Å². The molecule has 6 nitrogen and oxygen atoms in total. The molecule has 0 aromatic rings. The first kappa shape index (κ1) is 14.8. The van der Waals surface area contributed by atoms with Crippen LogP contribution < -0.4 is 11.1 Å². The van der Waals surface area contributed by atoms with Crippen molar-refractivity contribution >= 4 is 11.9 Å². The van der Waals surface area contributed by atoms with E-state index in [1.807, 2.05) is 25.7 Å². The van der Waals surface area contributed by atoms with E-state index in [0.717, 1.165) is 26.1 Å². The summed E-state index contributed by atoms with van der Waals surface area (Å²) in [7, 11) is 0. The number of nitrogens with zero attached hydrogens (tertiary/aromatic N) is 2. The van der Waals surface area contributed by atoms with Crippen molar-refractivity contribution < 1.29 is 4.79 Å². The van der Waals surface area contributed by atoms with E-state index in [1.165, 1.54) is 0 Å². The summed E-state index contributed by atoms with van der Waals surface area (Å²) in [4.78, 5) is 15.8. The molecule has 0 radical (unpaired) electrons. The molecule has 0 unspecified atom stereocenters. The summed E-state index contributed by atoms with van der Waals surface area (Å²) in [5.74, 6) is 0.173. The van der Waals surface area contributed by atoms with Gasteiger partial charge in [-0.05, 0) is 20.3 Å². The van der Waals surface area contributed by atoms with Crippen molar-refractivity contribution in [1.29, 1.82) is 5.41 Å². The van der Waals surface area contributed by atoms with Crippen molar-refractivity contribution in [2.75, 3.05) is 32.7 Å². The molecule has 0 aliphatic carbocycles. The number of hydrogen-bond donors (Lipinski definition) is 3. The van der Waals surface area contributed by atoms with Gasteiger partial charge in [-0.1, -0.05) is 6.92 Å². The maximum atomic E-state index is 11.8. The molecule has 0 bridgehead atoms. The van der Waals surface area contributed by atoms with E-state index in [2.05, 4.69) is 10.2 Å². The summed E-state index contributed by atoms with van der Waals surface area (Å²) in [6.07, 6.45) is 0.947. The Morgan fingerprint density at radius 1 is 1.33 bits per heavy atom. The minimum absolute atomic E-state index is 0.0112. The minimum atomic E-state index is -0.425. The fraction of sp³-hybridized carbons (Fsp3) is 0.833. The van der Waals surface area contributed by atoms with E-state index < -0.39 is 5.54 Å². The molecule has 0 aromatic heterocycles. The van der Waals surface area contributed by atoms with Gasteiger partial charge in [-0.3, -0.25) is 10.3 Å². The monoisotopic (exact) mass is 255 g/mol. The normalized spacial score (nSPS) is 17.6. The molecule has 4 N–H and O–H groups in total. The number of amides is 2. The molecule has 1 rings (SSSR count). The van der Waals surface area contributed by atoms with Gasteiger partial charge < -0.3 is 16.0 Å². The number of hydrogen-bond acceptors (Lipinski definition) is 3. The van der Waals surface area contributed by atoms with Gasteiger partial charge in [0.2, 0.25) is 0 Å². The quantitative estimate of drug-likeness (QED) is 0.503. The van der Waals surface area contributed by atoms with Crippen molar-refractivity contribution in [3.8, 4) is 0 Å². The second-order valence-corrected chi connectivity index (χ2v) is 5.18. The summed E-state index contributed by atoms with van der Waals surface area (Å²) in [6.45, 7) is 9.53. The highest BCUT2D eigenvalue weighted by Gasteiger charge is 2.33. The van der Waals surface area contributed by atoms with Crippen LogP contribution in [0.25, 0.3) is 0 Å². The molecule has 18 heavy (non-hydrogen) atoms. The number of urea groups is 1. The van der Waals surface area contributed by atoms with Crippen LogP contribution in [0.2, 0.25) is 0 Å². The minimum Gasteiger partial charge on any atom is -0.386 e. The van der Waals surface area contributed by atoms with Crippen molar-refractivity contribution in [1.82, 2.24) is 15.1 Å². The fourth-order valence-electron chi connectivity index (χ4n) is 1.98. The second kappa shape index (κ2) is 6.04. The largest absolute Gasteiger partial charge is 0.386 e. The van der Waals surface area contributed by atoms with Crippen LogP contribution in [0.3, 0.4) is 0 Å². The van der Waals surface area contributed by atoms with Crippen LogP contribution in [-0.4, -0.2) is 59.9 Å². The zero-order chi connectivity index (χ0) is 13.8. The van der Waals surface area contributed by atoms with Crippen LogP contribution in [0.15, 0.2) is 0 Å². The predicted molar refractivity (Wildman–Crippen MR) is 72.8 cm³/mol. The van der Waals surface area contributed by atoms with Crippen LogP contribution in [0.4, 0.5) is 4.79 Å². The Hall–Kier alpha value is -1.30. The number of carbonyl (C=O) groups excluding carboxylic acids is 1. The summed E-state index contributed by atoms with van der Waals surface area (Å²) in [5.41, 5.74) is 5.19. The lowest BCUT2D eigenvalue weighted by atomic mass is 10.0. The Morgan fingerprint density at radius 2 is 1.89 bits per heavy atom. The third-order valence-corrected chi connectivity index (χ3v) is 3.54. The van der Waals surface area contributed by atoms with Gasteiger partial charge in [0, 0.05) is 32.7 Å². The number of amidine groups is 1. The molecule has 104 valence electrons. The van der Waals surface area contributed by atoms with E-state index >= 15 is 0 Å². The molecule has 1 fully saturated rings. The van der Waals surface area contributed by atoms with Crippen molar-refractivity contribution in [2.45, 2.75) is 32.7 Å². The Morgan fingerprint density at radius 3 is 2.33 bits per heavy atom. The van der Waals surface area contributed by atoms with Gasteiger partial charge in [0.25, 0.3) is 0 Å². The molecule has 1 heterocycles. The van der Waals surface area contributed by atoms with E-state index in [9.17, 15) is 4.79 Å². The Balaban J connectivity index is 2.46. The summed E-state index contributed by atoms with van der Waals surface area (Å²) in [6, 6.07) is 0.0112. The van der Waals surface area contributed by atoms with Gasteiger partial charge in [-0.15, -0.1) is 0 Å². The smallest absolute Gasteiger partial charge is 0.317 e. The molecule has 0 aromatic carbocycles. The molecular formula is C12H25N5O. The van der Waals surface area contributed by atoms with Gasteiger partial charge in [0.15, 0.2) is 0 Å². The zero-order valence-corrected chi connectivity index (χ0v) is 11.6. The van der Waals surface area contributed by atoms with Crippen LogP contribution in [-0.2, 0) is 0 Å². The van der Waals surface area contributed by atoms with Crippen LogP contribution in [0.5, 0.6) is 0 Å². The van der Waals surface area contributed by atoms with E-state index in [4.69, 9.17) is 11.1 Å². The highest BCUT2D eigenvalue weighted by molar-refractivity contribution is 5.86. The summed E-state index contributed by atoms with van der Waals surface area (Å²) >= 11 is 0. The van der Waals surface area contributed by atoms with Crippen LogP contribution >= 0.6 is 0 Å². The lowest BCUT2D eigenvalue weighted by molar-refractivity contribution is 0.0968. The lowest BCUT2D eigenvalue weighted by Gasteiger charge is -2.43. The number of carbonyl (C=O) groups is 1. The number of nitrogens with two attached hydrogens (primary N) is 1. The average Bonchev–Trinajstić information content (AvgIpc) is 2.35. The molecule has 0 atom stereocenters. The Bertz CT molecular complexity index is 308. The van der Waals surface area contributed by atoms with Crippen LogP contribution in [0.1, 0.15) is 27.2 Å². The lowest BCUT2D eigenvalue weighted by Crippen LogP contribution is -2.61. The maximum absolute atomic E-state index is 11.8. The van der Waals surface area contributed by atoms with E-state index in [0.29, 0.717) is 13.1 Å². The highest BCUT2D eigenvalue weighted by atomic mass is 16.2. The van der Waals surface area contributed by atoms with Crippen molar-refractivity contribution in [2.24, 2.45) is 5.73 Å². The molecule has 2 amide bonds. The second-order valence-electron chi connectivity index (χ2n) is 5.18. The molecule has 1 aliphatic rings.